The van der Waals surface area contributed by atoms with Crippen LogP contribution in [0.4, 0.5) is 0 Å². The molecule has 2 aromatic heterocycles. The first-order valence-corrected chi connectivity index (χ1v) is 15.1. The highest BCUT2D eigenvalue weighted by Gasteiger charge is 2.23. The van der Waals surface area contributed by atoms with Crippen LogP contribution in [0.5, 0.6) is 0 Å². The summed E-state index contributed by atoms with van der Waals surface area (Å²) in [6.45, 7) is 7.20. The van der Waals surface area contributed by atoms with Gasteiger partial charge in [-0.15, -0.1) is 0 Å². The molecule has 0 aliphatic carbocycles. The van der Waals surface area contributed by atoms with E-state index in [1.807, 2.05) is 37.3 Å². The van der Waals surface area contributed by atoms with E-state index in [1.54, 1.807) is 42.5 Å². The van der Waals surface area contributed by atoms with Gasteiger partial charge in [-0.05, 0) is 73.3 Å². The predicted molar refractivity (Wildman–Crippen MR) is 161 cm³/mol. The van der Waals surface area contributed by atoms with Crippen molar-refractivity contribution >= 4 is 27.1 Å². The summed E-state index contributed by atoms with van der Waals surface area (Å²) in [5.41, 5.74) is 12.9. The van der Waals surface area contributed by atoms with Crippen LogP contribution in [0.25, 0.3) is 22.3 Å². The van der Waals surface area contributed by atoms with Gasteiger partial charge in [0.15, 0.2) is 5.65 Å². The lowest BCUT2D eigenvalue weighted by Gasteiger charge is -2.13. The number of fused-ring (bicyclic) bond motifs is 1. The maximum atomic E-state index is 13.3. The van der Waals surface area contributed by atoms with Gasteiger partial charge in [0.05, 0.1) is 11.4 Å². The molecule has 0 aliphatic rings. The number of nitrogens with two attached hydrogens (primary N) is 1. The number of aromatic nitrogens is 3. The Kier molecular flexibility index (Phi) is 8.01. The highest BCUT2D eigenvalue weighted by Crippen LogP contribution is 2.28. The van der Waals surface area contributed by atoms with Crippen LogP contribution in [0.2, 0.25) is 0 Å². The molecule has 0 spiro atoms. The molecule has 1 amide bonds. The Morgan fingerprint density at radius 3 is 2.29 bits per heavy atom. The van der Waals surface area contributed by atoms with E-state index in [9.17, 15) is 13.2 Å². The lowest BCUT2D eigenvalue weighted by atomic mass is 10.0. The number of pyridine rings is 1. The van der Waals surface area contributed by atoms with E-state index in [0.29, 0.717) is 25.1 Å². The first kappa shape index (κ1) is 28.2. The SMILES string of the molecule is CCc1nc2c(C)cc(C)nc2n1Cc1ccc(-c2ccccc2S(=O)(=O)NC(=O)c2ccc(CCN)cc2)cc1. The smallest absolute Gasteiger partial charge is 0.264 e. The van der Waals surface area contributed by atoms with Crippen molar-refractivity contribution in [2.24, 2.45) is 5.73 Å². The van der Waals surface area contributed by atoms with Crippen molar-refractivity contribution in [1.82, 2.24) is 19.3 Å². The number of nitrogens with one attached hydrogen (secondary N) is 1. The van der Waals surface area contributed by atoms with Crippen LogP contribution in [0.15, 0.2) is 83.8 Å². The highest BCUT2D eigenvalue weighted by molar-refractivity contribution is 7.90. The number of imidazole rings is 1. The quantitative estimate of drug-likeness (QED) is 0.260. The molecule has 0 radical (unpaired) electrons. The number of carbonyl (C=O) groups excluding carboxylic acids is 1. The predicted octanol–water partition coefficient (Wildman–Crippen LogP) is 4.95. The van der Waals surface area contributed by atoms with Crippen LogP contribution >= 0.6 is 0 Å². The van der Waals surface area contributed by atoms with Crippen LogP contribution in [0.3, 0.4) is 0 Å². The van der Waals surface area contributed by atoms with Gasteiger partial charge in [0.2, 0.25) is 0 Å². The molecule has 0 unspecified atom stereocenters. The number of hydrogen-bond donors (Lipinski definition) is 2. The van der Waals surface area contributed by atoms with E-state index in [-0.39, 0.29) is 10.5 Å². The zero-order chi connectivity index (χ0) is 29.1. The lowest BCUT2D eigenvalue weighted by Crippen LogP contribution is -2.31. The van der Waals surface area contributed by atoms with Crippen LogP contribution in [-0.2, 0) is 29.4 Å². The second kappa shape index (κ2) is 11.6. The third-order valence-electron chi connectivity index (χ3n) is 7.08. The molecule has 0 fully saturated rings. The number of carbonyl (C=O) groups is 1. The summed E-state index contributed by atoms with van der Waals surface area (Å²) in [6, 6.07) is 23.2. The number of aryl methyl sites for hydroxylation is 3. The fourth-order valence-electron chi connectivity index (χ4n) is 5.02. The Bertz CT molecular complexity index is 1830. The lowest BCUT2D eigenvalue weighted by molar-refractivity contribution is 0.0981. The number of hydrogen-bond acceptors (Lipinski definition) is 6. The Balaban J connectivity index is 1.40. The summed E-state index contributed by atoms with van der Waals surface area (Å²) < 4.78 is 31.0. The second-order valence-electron chi connectivity index (χ2n) is 10.1. The summed E-state index contributed by atoms with van der Waals surface area (Å²) in [5.74, 6) is 0.277. The fraction of sp³-hybridized carbons (Fsp3) is 0.219. The molecular formula is C32H33N5O3S. The average Bonchev–Trinajstić information content (AvgIpc) is 3.31. The molecule has 5 rings (SSSR count). The molecule has 2 heterocycles. The zero-order valence-electron chi connectivity index (χ0n) is 23.4. The molecule has 5 aromatic rings. The molecule has 0 aliphatic heterocycles. The minimum absolute atomic E-state index is 0.0323. The van der Waals surface area contributed by atoms with Gasteiger partial charge in [-0.1, -0.05) is 61.5 Å². The van der Waals surface area contributed by atoms with Gasteiger partial charge in [0, 0.05) is 23.2 Å². The third kappa shape index (κ3) is 5.91. The molecule has 41 heavy (non-hydrogen) atoms. The topological polar surface area (TPSA) is 120 Å². The van der Waals surface area contributed by atoms with E-state index in [0.717, 1.165) is 51.4 Å². The number of sulfonamides is 1. The molecule has 0 saturated carbocycles. The van der Waals surface area contributed by atoms with Crippen molar-refractivity contribution in [2.75, 3.05) is 6.54 Å². The molecule has 8 nitrogen and oxygen atoms in total. The Labute approximate surface area is 240 Å². The maximum Gasteiger partial charge on any atom is 0.264 e. The van der Waals surface area contributed by atoms with E-state index < -0.39 is 15.9 Å². The van der Waals surface area contributed by atoms with E-state index in [1.165, 1.54) is 6.07 Å². The molecule has 3 N–H and O–H groups in total. The van der Waals surface area contributed by atoms with Crippen LogP contribution in [0, 0.1) is 13.8 Å². The largest absolute Gasteiger partial charge is 0.330 e. The Morgan fingerprint density at radius 2 is 1.61 bits per heavy atom. The summed E-state index contributed by atoms with van der Waals surface area (Å²) in [6.07, 6.45) is 1.46. The summed E-state index contributed by atoms with van der Waals surface area (Å²) >= 11 is 0. The molecule has 3 aromatic carbocycles. The third-order valence-corrected chi connectivity index (χ3v) is 8.46. The van der Waals surface area contributed by atoms with Gasteiger partial charge < -0.3 is 10.3 Å². The van der Waals surface area contributed by atoms with Crippen molar-refractivity contribution < 1.29 is 13.2 Å². The minimum Gasteiger partial charge on any atom is -0.330 e. The van der Waals surface area contributed by atoms with E-state index in [4.69, 9.17) is 15.7 Å². The van der Waals surface area contributed by atoms with Crippen molar-refractivity contribution in [3.05, 3.63) is 113 Å². The van der Waals surface area contributed by atoms with Gasteiger partial charge in [-0.3, -0.25) is 4.79 Å². The molecule has 0 bridgehead atoms. The number of nitrogens with zero attached hydrogens (tertiary/aromatic N) is 3. The van der Waals surface area contributed by atoms with Crippen LogP contribution < -0.4 is 10.5 Å². The summed E-state index contributed by atoms with van der Waals surface area (Å²) in [7, 11) is -4.14. The summed E-state index contributed by atoms with van der Waals surface area (Å²) in [5, 5.41) is 0. The fourth-order valence-corrected chi connectivity index (χ4v) is 6.23. The normalized spacial score (nSPS) is 11.6. The molecule has 210 valence electrons. The van der Waals surface area contributed by atoms with Crippen LogP contribution in [0.1, 0.15) is 45.5 Å². The standard InChI is InChI=1S/C32H33N5O3S/c1-4-29-35-30-21(2)19-22(3)34-31(30)37(29)20-24-11-13-25(14-12-24)27-7-5-6-8-28(27)41(39,40)36-32(38)26-15-9-23(10-16-26)17-18-33/h5-16,19H,4,17-18,20,33H2,1-3H3,(H,36,38). The Hall–Kier alpha value is -4.34. The summed E-state index contributed by atoms with van der Waals surface area (Å²) in [4.78, 5) is 22.4. The van der Waals surface area contributed by atoms with Gasteiger partial charge in [-0.2, -0.15) is 0 Å². The Morgan fingerprint density at radius 1 is 0.927 bits per heavy atom. The second-order valence-corrected chi connectivity index (χ2v) is 11.7. The molecular weight excluding hydrogens is 534 g/mol. The van der Waals surface area contributed by atoms with Crippen LogP contribution in [-0.4, -0.2) is 35.4 Å². The molecule has 0 saturated heterocycles. The van der Waals surface area contributed by atoms with Gasteiger partial charge >= 0.3 is 0 Å². The van der Waals surface area contributed by atoms with Crippen molar-refractivity contribution in [2.45, 2.75) is 45.1 Å². The van der Waals surface area contributed by atoms with Gasteiger partial charge in [0.1, 0.15) is 11.3 Å². The van der Waals surface area contributed by atoms with Crippen molar-refractivity contribution in [1.29, 1.82) is 0 Å². The first-order chi connectivity index (χ1) is 19.7. The first-order valence-electron chi connectivity index (χ1n) is 13.6. The van der Waals surface area contributed by atoms with Gasteiger partial charge in [0.25, 0.3) is 15.9 Å². The average molecular weight is 568 g/mol. The maximum absolute atomic E-state index is 13.3. The molecule has 0 atom stereocenters. The van der Waals surface area contributed by atoms with E-state index >= 15 is 0 Å². The monoisotopic (exact) mass is 567 g/mol. The number of rotatable bonds is 9. The highest BCUT2D eigenvalue weighted by atomic mass is 32.2. The zero-order valence-corrected chi connectivity index (χ0v) is 24.2. The van der Waals surface area contributed by atoms with Crippen molar-refractivity contribution in [3.63, 3.8) is 0 Å². The molecule has 9 heteroatoms. The van der Waals surface area contributed by atoms with Crippen molar-refractivity contribution in [3.8, 4) is 11.1 Å². The van der Waals surface area contributed by atoms with E-state index in [2.05, 4.69) is 23.1 Å². The van der Waals surface area contributed by atoms with Gasteiger partial charge in [-0.25, -0.2) is 23.1 Å². The number of amides is 1. The minimum atomic E-state index is -4.14. The number of benzene rings is 3.